The van der Waals surface area contributed by atoms with Gasteiger partial charge in [-0.1, -0.05) is 30.7 Å². The average Bonchev–Trinajstić information content (AvgIpc) is 2.67. The maximum Gasteiger partial charge on any atom is 0.251 e. The third-order valence-corrected chi connectivity index (χ3v) is 6.79. The van der Waals surface area contributed by atoms with Crippen LogP contribution in [0.1, 0.15) is 60.3 Å². The van der Waals surface area contributed by atoms with Gasteiger partial charge in [0.15, 0.2) is 0 Å². The summed E-state index contributed by atoms with van der Waals surface area (Å²) in [5.74, 6) is -0.128. The van der Waals surface area contributed by atoms with Crippen molar-refractivity contribution in [1.29, 1.82) is 0 Å². The lowest BCUT2D eigenvalue weighted by molar-refractivity contribution is 0.0935. The minimum atomic E-state index is -3.33. The van der Waals surface area contributed by atoms with Crippen LogP contribution in [0.25, 0.3) is 0 Å². The molecule has 2 rings (SSSR count). The van der Waals surface area contributed by atoms with Gasteiger partial charge in [0.1, 0.15) is 0 Å². The zero-order chi connectivity index (χ0) is 20.9. The zero-order valence-electron chi connectivity index (χ0n) is 17.3. The van der Waals surface area contributed by atoms with E-state index in [1.54, 1.807) is 38.1 Å². The Balaban J connectivity index is 2.20. The lowest BCUT2D eigenvalue weighted by atomic mass is 9.97. The summed E-state index contributed by atoms with van der Waals surface area (Å²) in [6.07, 6.45) is 0.784. The molecule has 0 heterocycles. The highest BCUT2D eigenvalue weighted by Crippen LogP contribution is 2.23. The summed E-state index contributed by atoms with van der Waals surface area (Å²) in [7, 11) is -3.33. The predicted molar refractivity (Wildman–Crippen MR) is 115 cm³/mol. The van der Waals surface area contributed by atoms with Crippen molar-refractivity contribution in [3.8, 4) is 0 Å². The summed E-state index contributed by atoms with van der Waals surface area (Å²) in [6, 6.07) is 12.9. The highest BCUT2D eigenvalue weighted by atomic mass is 32.2. The van der Waals surface area contributed by atoms with E-state index in [-0.39, 0.29) is 17.7 Å². The number of nitrogens with zero attached hydrogens (tertiary/aromatic N) is 1. The van der Waals surface area contributed by atoms with E-state index in [1.165, 1.54) is 9.87 Å². The number of aryl methyl sites for hydroxylation is 2. The summed E-state index contributed by atoms with van der Waals surface area (Å²) in [4.78, 5) is 12.7. The van der Waals surface area contributed by atoms with Crippen LogP contribution < -0.4 is 9.62 Å². The first-order valence-corrected chi connectivity index (χ1v) is 11.3. The zero-order valence-corrected chi connectivity index (χ0v) is 18.1. The molecule has 6 heteroatoms. The molecular weight excluding hydrogens is 372 g/mol. The minimum absolute atomic E-state index is 0.0388. The molecule has 0 spiro atoms. The number of rotatable bonds is 8. The number of carbonyl (C=O) groups excluding carboxylic acids is 1. The van der Waals surface area contributed by atoms with E-state index < -0.39 is 10.0 Å². The van der Waals surface area contributed by atoms with Crippen molar-refractivity contribution in [3.63, 3.8) is 0 Å². The highest BCUT2D eigenvalue weighted by Gasteiger charge is 2.20. The van der Waals surface area contributed by atoms with Gasteiger partial charge in [-0.2, -0.15) is 0 Å². The second-order valence-corrected chi connectivity index (χ2v) is 9.09. The van der Waals surface area contributed by atoms with Crippen molar-refractivity contribution in [2.75, 3.05) is 16.6 Å². The van der Waals surface area contributed by atoms with Gasteiger partial charge < -0.3 is 5.32 Å². The summed E-state index contributed by atoms with van der Waals surface area (Å²) < 4.78 is 25.7. The predicted octanol–water partition coefficient (Wildman–Crippen LogP) is 4.36. The molecule has 0 saturated carbocycles. The molecule has 0 radical (unpaired) electrons. The molecule has 0 saturated heterocycles. The van der Waals surface area contributed by atoms with Gasteiger partial charge >= 0.3 is 0 Å². The van der Waals surface area contributed by atoms with Crippen molar-refractivity contribution in [1.82, 2.24) is 5.32 Å². The van der Waals surface area contributed by atoms with Crippen LogP contribution in [0.15, 0.2) is 42.5 Å². The van der Waals surface area contributed by atoms with Gasteiger partial charge in [0.25, 0.3) is 5.91 Å². The Hall–Kier alpha value is -2.34. The quantitative estimate of drug-likeness (QED) is 0.713. The third-order valence-electron chi connectivity index (χ3n) is 4.92. The molecule has 0 bridgehead atoms. The van der Waals surface area contributed by atoms with Gasteiger partial charge in [-0.05, 0) is 69.5 Å². The van der Waals surface area contributed by atoms with Gasteiger partial charge in [0, 0.05) is 12.1 Å². The van der Waals surface area contributed by atoms with Crippen LogP contribution >= 0.6 is 0 Å². The molecular formula is C22H30N2O3S. The second-order valence-electron chi connectivity index (χ2n) is 6.91. The van der Waals surface area contributed by atoms with Crippen LogP contribution in [-0.4, -0.2) is 26.6 Å². The van der Waals surface area contributed by atoms with Gasteiger partial charge in [0.05, 0.1) is 17.5 Å². The fourth-order valence-corrected chi connectivity index (χ4v) is 4.48. The number of anilines is 1. The molecule has 2 aromatic rings. The molecule has 152 valence electrons. The molecule has 0 aromatic heterocycles. The molecule has 2 aromatic carbocycles. The highest BCUT2D eigenvalue weighted by molar-refractivity contribution is 7.92. The molecule has 1 unspecified atom stereocenters. The Kier molecular flexibility index (Phi) is 7.24. The first-order valence-electron chi connectivity index (χ1n) is 9.71. The number of hydrogen-bond acceptors (Lipinski definition) is 3. The minimum Gasteiger partial charge on any atom is -0.345 e. The number of carbonyl (C=O) groups is 1. The van der Waals surface area contributed by atoms with E-state index >= 15 is 0 Å². The van der Waals surface area contributed by atoms with E-state index in [4.69, 9.17) is 0 Å². The monoisotopic (exact) mass is 402 g/mol. The SMILES string of the molecule is CCC(NC(=O)c1ccc(N(CC)S(=O)(=O)CC)cc1)c1ccc(C)cc1C. The molecule has 1 amide bonds. The maximum absolute atomic E-state index is 12.7. The van der Waals surface area contributed by atoms with Crippen molar-refractivity contribution >= 4 is 21.6 Å². The largest absolute Gasteiger partial charge is 0.345 e. The Morgan fingerprint density at radius 2 is 1.68 bits per heavy atom. The molecule has 1 atom stereocenters. The molecule has 0 fully saturated rings. The van der Waals surface area contributed by atoms with Crippen LogP contribution in [0.5, 0.6) is 0 Å². The van der Waals surface area contributed by atoms with Crippen LogP contribution in [0.3, 0.4) is 0 Å². The van der Waals surface area contributed by atoms with Crippen LogP contribution in [0.4, 0.5) is 5.69 Å². The molecule has 0 aliphatic carbocycles. The fourth-order valence-electron chi connectivity index (χ4n) is 3.33. The van der Waals surface area contributed by atoms with E-state index in [9.17, 15) is 13.2 Å². The first-order chi connectivity index (χ1) is 13.2. The van der Waals surface area contributed by atoms with Gasteiger partial charge in [-0.15, -0.1) is 0 Å². The van der Waals surface area contributed by atoms with Gasteiger partial charge in [-0.3, -0.25) is 9.10 Å². The maximum atomic E-state index is 12.7. The number of hydrogen-bond donors (Lipinski definition) is 1. The standard InChI is InChI=1S/C22H30N2O3S/c1-6-21(20-14-9-16(4)15-17(20)5)23-22(25)18-10-12-19(13-11-18)24(7-2)28(26,27)8-3/h9-15,21H,6-8H2,1-5H3,(H,23,25). The number of sulfonamides is 1. The van der Waals surface area contributed by atoms with Crippen LogP contribution in [-0.2, 0) is 10.0 Å². The Bertz CT molecular complexity index is 921. The molecule has 0 aliphatic heterocycles. The summed E-state index contributed by atoms with van der Waals surface area (Å²) in [6.45, 7) is 9.92. The molecule has 5 nitrogen and oxygen atoms in total. The number of nitrogens with one attached hydrogen (secondary N) is 1. The van der Waals surface area contributed by atoms with Crippen molar-refractivity contribution in [3.05, 3.63) is 64.7 Å². The van der Waals surface area contributed by atoms with Crippen LogP contribution in [0.2, 0.25) is 0 Å². The topological polar surface area (TPSA) is 66.5 Å². The summed E-state index contributed by atoms with van der Waals surface area (Å²) >= 11 is 0. The first kappa shape index (κ1) is 22.0. The van der Waals surface area contributed by atoms with Crippen molar-refractivity contribution in [2.45, 2.75) is 47.1 Å². The number of amides is 1. The Morgan fingerprint density at radius 3 is 2.18 bits per heavy atom. The Morgan fingerprint density at radius 1 is 1.04 bits per heavy atom. The number of benzene rings is 2. The molecule has 0 aliphatic rings. The van der Waals surface area contributed by atoms with E-state index in [1.807, 2.05) is 6.92 Å². The van der Waals surface area contributed by atoms with Crippen LogP contribution in [0, 0.1) is 13.8 Å². The normalized spacial score (nSPS) is 12.5. The molecule has 28 heavy (non-hydrogen) atoms. The van der Waals surface area contributed by atoms with Gasteiger partial charge in [-0.25, -0.2) is 8.42 Å². The van der Waals surface area contributed by atoms with Crippen molar-refractivity contribution in [2.24, 2.45) is 0 Å². The average molecular weight is 403 g/mol. The third kappa shape index (κ3) is 4.93. The van der Waals surface area contributed by atoms with E-state index in [2.05, 4.69) is 37.4 Å². The summed E-state index contributed by atoms with van der Waals surface area (Å²) in [5.41, 5.74) is 4.55. The van der Waals surface area contributed by atoms with E-state index in [0.29, 0.717) is 17.8 Å². The van der Waals surface area contributed by atoms with Crippen molar-refractivity contribution < 1.29 is 13.2 Å². The fraction of sp³-hybridized carbons (Fsp3) is 0.409. The molecule has 1 N–H and O–H groups in total. The Labute approximate surface area is 168 Å². The lowest BCUT2D eigenvalue weighted by Gasteiger charge is -2.23. The smallest absolute Gasteiger partial charge is 0.251 e. The lowest BCUT2D eigenvalue weighted by Crippen LogP contribution is -2.32. The summed E-state index contributed by atoms with van der Waals surface area (Å²) in [5, 5.41) is 3.09. The van der Waals surface area contributed by atoms with Gasteiger partial charge in [0.2, 0.25) is 10.0 Å². The second kappa shape index (κ2) is 9.24. The van der Waals surface area contributed by atoms with E-state index in [0.717, 1.165) is 17.5 Å².